The molecule has 0 aliphatic heterocycles. The molecule has 0 aliphatic carbocycles. The van der Waals surface area contributed by atoms with Crippen LogP contribution in [0.3, 0.4) is 0 Å². The van der Waals surface area contributed by atoms with Crippen LogP contribution in [0.4, 0.5) is 5.69 Å². The molecule has 0 saturated heterocycles. The van der Waals surface area contributed by atoms with Crippen LogP contribution in [0.2, 0.25) is 5.02 Å². The first-order chi connectivity index (χ1) is 12.8. The minimum absolute atomic E-state index is 0.117. The Labute approximate surface area is 163 Å². The number of amides is 2. The summed E-state index contributed by atoms with van der Waals surface area (Å²) in [6.07, 6.45) is 0.306. The Bertz CT molecular complexity index is 848. The van der Waals surface area contributed by atoms with E-state index in [1.807, 2.05) is 0 Å². The van der Waals surface area contributed by atoms with E-state index < -0.39 is 0 Å². The standard InChI is InChI=1S/C20H21ClN2O4/c1-4-17(24)16-11-14(21)7-10-18(16)27-12-19(25)22-15-8-5-13(6-9-15)20(26)23(2)3/h5-11H,4,12H2,1-3H3,(H,22,25). The van der Waals surface area contributed by atoms with Crippen molar-refractivity contribution < 1.29 is 19.1 Å². The fourth-order valence-electron chi connectivity index (χ4n) is 2.33. The third kappa shape index (κ3) is 5.56. The van der Waals surface area contributed by atoms with Crippen molar-refractivity contribution in [2.24, 2.45) is 0 Å². The molecule has 2 aromatic carbocycles. The number of carbonyl (C=O) groups excluding carboxylic acids is 3. The third-order valence-electron chi connectivity index (χ3n) is 3.74. The average Bonchev–Trinajstić information content (AvgIpc) is 2.66. The number of benzene rings is 2. The lowest BCUT2D eigenvalue weighted by molar-refractivity contribution is -0.118. The van der Waals surface area contributed by atoms with E-state index in [4.69, 9.17) is 16.3 Å². The van der Waals surface area contributed by atoms with Crippen molar-refractivity contribution in [2.75, 3.05) is 26.0 Å². The highest BCUT2D eigenvalue weighted by Gasteiger charge is 2.14. The Morgan fingerprint density at radius 3 is 2.33 bits per heavy atom. The zero-order valence-electron chi connectivity index (χ0n) is 15.4. The highest BCUT2D eigenvalue weighted by molar-refractivity contribution is 6.31. The van der Waals surface area contributed by atoms with Crippen LogP contribution in [0.5, 0.6) is 5.75 Å². The Balaban J connectivity index is 1.99. The smallest absolute Gasteiger partial charge is 0.262 e. The number of nitrogens with one attached hydrogen (secondary N) is 1. The van der Waals surface area contributed by atoms with Crippen molar-refractivity contribution in [3.8, 4) is 5.75 Å². The van der Waals surface area contributed by atoms with Crippen molar-refractivity contribution in [1.29, 1.82) is 0 Å². The molecule has 0 spiro atoms. The van der Waals surface area contributed by atoms with Gasteiger partial charge >= 0.3 is 0 Å². The number of ether oxygens (including phenoxy) is 1. The number of halogens is 1. The van der Waals surface area contributed by atoms with Gasteiger partial charge in [0.25, 0.3) is 11.8 Å². The molecule has 0 unspecified atom stereocenters. The van der Waals surface area contributed by atoms with Crippen molar-refractivity contribution in [2.45, 2.75) is 13.3 Å². The first kappa shape index (κ1) is 20.5. The first-order valence-electron chi connectivity index (χ1n) is 8.39. The number of carbonyl (C=O) groups is 3. The molecule has 0 bridgehead atoms. The molecule has 0 saturated carbocycles. The topological polar surface area (TPSA) is 75.7 Å². The maximum absolute atomic E-state index is 12.1. The number of ketones is 1. The van der Waals surface area contributed by atoms with Crippen LogP contribution in [0.1, 0.15) is 34.1 Å². The highest BCUT2D eigenvalue weighted by Crippen LogP contribution is 2.24. The zero-order valence-corrected chi connectivity index (χ0v) is 16.2. The zero-order chi connectivity index (χ0) is 20.0. The number of hydrogen-bond acceptors (Lipinski definition) is 4. The van der Waals surface area contributed by atoms with Gasteiger partial charge in [0, 0.05) is 36.8 Å². The van der Waals surface area contributed by atoms with Crippen molar-refractivity contribution in [1.82, 2.24) is 4.90 Å². The van der Waals surface area contributed by atoms with E-state index >= 15 is 0 Å². The average molecular weight is 389 g/mol. The van der Waals surface area contributed by atoms with Crippen molar-refractivity contribution in [3.63, 3.8) is 0 Å². The fourth-order valence-corrected chi connectivity index (χ4v) is 2.50. The minimum Gasteiger partial charge on any atom is -0.483 e. The first-order valence-corrected chi connectivity index (χ1v) is 8.76. The summed E-state index contributed by atoms with van der Waals surface area (Å²) in [7, 11) is 3.34. The van der Waals surface area contributed by atoms with Gasteiger partial charge in [-0.25, -0.2) is 0 Å². The molecule has 2 aromatic rings. The van der Waals surface area contributed by atoms with Crippen LogP contribution in [-0.4, -0.2) is 43.2 Å². The fraction of sp³-hybridized carbons (Fsp3) is 0.250. The Morgan fingerprint density at radius 1 is 1.07 bits per heavy atom. The van der Waals surface area contributed by atoms with Gasteiger partial charge in [0.1, 0.15) is 5.75 Å². The molecule has 0 radical (unpaired) electrons. The van der Waals surface area contributed by atoms with Crippen LogP contribution >= 0.6 is 11.6 Å². The maximum atomic E-state index is 12.1. The molecular formula is C20H21ClN2O4. The van der Waals surface area contributed by atoms with E-state index in [1.54, 1.807) is 57.4 Å². The summed E-state index contributed by atoms with van der Waals surface area (Å²) in [4.78, 5) is 37.4. The van der Waals surface area contributed by atoms with E-state index in [9.17, 15) is 14.4 Å². The molecule has 0 aromatic heterocycles. The Morgan fingerprint density at radius 2 is 1.74 bits per heavy atom. The number of nitrogens with zero attached hydrogens (tertiary/aromatic N) is 1. The monoisotopic (exact) mass is 388 g/mol. The van der Waals surface area contributed by atoms with Crippen molar-refractivity contribution in [3.05, 3.63) is 58.6 Å². The van der Waals surface area contributed by atoms with Gasteiger partial charge in [0.15, 0.2) is 12.4 Å². The van der Waals surface area contributed by atoms with Crippen LogP contribution in [0.25, 0.3) is 0 Å². The SMILES string of the molecule is CCC(=O)c1cc(Cl)ccc1OCC(=O)Nc1ccc(C(=O)N(C)C)cc1. The summed E-state index contributed by atoms with van der Waals surface area (Å²) < 4.78 is 5.49. The molecule has 2 rings (SSSR count). The second kappa shape index (κ2) is 9.19. The second-order valence-electron chi connectivity index (χ2n) is 6.03. The van der Waals surface area contributed by atoms with Gasteiger partial charge in [-0.3, -0.25) is 14.4 Å². The maximum Gasteiger partial charge on any atom is 0.262 e. The normalized spacial score (nSPS) is 10.2. The summed E-state index contributed by atoms with van der Waals surface area (Å²) >= 11 is 5.93. The number of hydrogen-bond donors (Lipinski definition) is 1. The predicted octanol–water partition coefficient (Wildman–Crippen LogP) is 3.65. The Kier molecular flexibility index (Phi) is 6.96. The second-order valence-corrected chi connectivity index (χ2v) is 6.47. The van der Waals surface area contributed by atoms with Gasteiger partial charge in [-0.1, -0.05) is 18.5 Å². The molecule has 0 atom stereocenters. The van der Waals surface area contributed by atoms with Gasteiger partial charge in [-0.05, 0) is 42.5 Å². The summed E-state index contributed by atoms with van der Waals surface area (Å²) in [6, 6.07) is 11.3. The lowest BCUT2D eigenvalue weighted by atomic mass is 10.1. The minimum atomic E-state index is -0.383. The number of anilines is 1. The Hall–Kier alpha value is -2.86. The van der Waals surface area contributed by atoms with E-state index in [0.717, 1.165) is 0 Å². The molecule has 0 fully saturated rings. The number of rotatable bonds is 7. The number of Topliss-reactive ketones (excluding diaryl/α,β-unsaturated/α-hetero) is 1. The summed E-state index contributed by atoms with van der Waals surface area (Å²) in [5, 5.41) is 3.11. The van der Waals surface area contributed by atoms with Crippen LogP contribution in [0, 0.1) is 0 Å². The quantitative estimate of drug-likeness (QED) is 0.734. The van der Waals surface area contributed by atoms with Crippen LogP contribution < -0.4 is 10.1 Å². The van der Waals surface area contributed by atoms with Gasteiger partial charge < -0.3 is 15.0 Å². The van der Waals surface area contributed by atoms with E-state index in [-0.39, 0.29) is 24.2 Å². The molecule has 142 valence electrons. The summed E-state index contributed by atoms with van der Waals surface area (Å²) in [5.41, 5.74) is 1.42. The highest BCUT2D eigenvalue weighted by atomic mass is 35.5. The largest absolute Gasteiger partial charge is 0.483 e. The van der Waals surface area contributed by atoms with Crippen LogP contribution in [0.15, 0.2) is 42.5 Å². The molecule has 6 nitrogen and oxygen atoms in total. The van der Waals surface area contributed by atoms with Gasteiger partial charge in [0.2, 0.25) is 0 Å². The molecular weight excluding hydrogens is 368 g/mol. The summed E-state index contributed by atoms with van der Waals surface area (Å²) in [6.45, 7) is 1.48. The van der Waals surface area contributed by atoms with Crippen LogP contribution in [-0.2, 0) is 4.79 Å². The molecule has 1 N–H and O–H groups in total. The van der Waals surface area contributed by atoms with Gasteiger partial charge in [-0.2, -0.15) is 0 Å². The van der Waals surface area contributed by atoms with Gasteiger partial charge in [0.05, 0.1) is 5.56 Å². The molecule has 2 amide bonds. The lowest BCUT2D eigenvalue weighted by Crippen LogP contribution is -2.22. The predicted molar refractivity (Wildman–Crippen MR) is 105 cm³/mol. The van der Waals surface area contributed by atoms with E-state index in [0.29, 0.717) is 34.0 Å². The molecule has 7 heteroatoms. The third-order valence-corrected chi connectivity index (χ3v) is 3.98. The van der Waals surface area contributed by atoms with Gasteiger partial charge in [-0.15, -0.1) is 0 Å². The van der Waals surface area contributed by atoms with E-state index in [1.165, 1.54) is 11.0 Å². The summed E-state index contributed by atoms with van der Waals surface area (Å²) in [5.74, 6) is -0.305. The molecule has 27 heavy (non-hydrogen) atoms. The lowest BCUT2D eigenvalue weighted by Gasteiger charge is -2.12. The van der Waals surface area contributed by atoms with Crippen molar-refractivity contribution >= 4 is 34.9 Å². The van der Waals surface area contributed by atoms with E-state index in [2.05, 4.69) is 5.32 Å². The molecule has 0 aliphatic rings. The molecule has 0 heterocycles.